The number of methoxy groups -OCH3 is 1. The van der Waals surface area contributed by atoms with Crippen LogP contribution < -0.4 is 15.8 Å². The molecule has 116 valence electrons. The van der Waals surface area contributed by atoms with Crippen molar-refractivity contribution < 1.29 is 13.9 Å². The highest BCUT2D eigenvalue weighted by atomic mass is 19.1. The van der Waals surface area contributed by atoms with Gasteiger partial charge in [-0.15, -0.1) is 0 Å². The fourth-order valence-electron chi connectivity index (χ4n) is 2.92. The van der Waals surface area contributed by atoms with E-state index in [2.05, 4.69) is 5.32 Å². The Hall–Kier alpha value is -1.62. The molecule has 0 aromatic heterocycles. The van der Waals surface area contributed by atoms with Crippen LogP contribution in [0.5, 0.6) is 5.75 Å². The van der Waals surface area contributed by atoms with Crippen LogP contribution >= 0.6 is 0 Å². The third-order valence-corrected chi connectivity index (χ3v) is 4.10. The van der Waals surface area contributed by atoms with E-state index in [0.717, 1.165) is 25.7 Å². The van der Waals surface area contributed by atoms with E-state index in [9.17, 15) is 9.18 Å². The van der Waals surface area contributed by atoms with Crippen molar-refractivity contribution in [3.8, 4) is 5.75 Å². The topological polar surface area (TPSA) is 64.3 Å². The molecular weight excluding hydrogens is 271 g/mol. The first-order valence-electron chi connectivity index (χ1n) is 7.40. The average molecular weight is 294 g/mol. The molecule has 2 rings (SSSR count). The van der Waals surface area contributed by atoms with Gasteiger partial charge in [0.25, 0.3) is 0 Å². The van der Waals surface area contributed by atoms with Gasteiger partial charge in [-0.05, 0) is 44.4 Å². The maximum atomic E-state index is 13.4. The van der Waals surface area contributed by atoms with Crippen LogP contribution in [0.15, 0.2) is 18.2 Å². The first kappa shape index (κ1) is 15.8. The maximum Gasteiger partial charge on any atom is 0.223 e. The largest absolute Gasteiger partial charge is 0.496 e. The summed E-state index contributed by atoms with van der Waals surface area (Å²) in [5, 5.41) is 2.95. The summed E-state index contributed by atoms with van der Waals surface area (Å²) in [6.07, 6.45) is 3.55. The number of hydrogen-bond donors (Lipinski definition) is 2. The van der Waals surface area contributed by atoms with Crippen molar-refractivity contribution in [3.05, 3.63) is 29.6 Å². The molecule has 0 saturated heterocycles. The molecule has 1 aliphatic rings. The van der Waals surface area contributed by atoms with Crippen LogP contribution in [0.4, 0.5) is 4.39 Å². The lowest BCUT2D eigenvalue weighted by Gasteiger charge is -2.27. The SMILES string of the molecule is COc1ccc(F)cc1C(C)NC(=O)C1CCCC(N)C1. The predicted octanol–water partition coefficient (Wildman–Crippen LogP) is 2.53. The van der Waals surface area contributed by atoms with Crippen LogP contribution in [0, 0.1) is 11.7 Å². The molecule has 5 heteroatoms. The molecule has 1 aromatic carbocycles. The molecule has 0 bridgehead atoms. The van der Waals surface area contributed by atoms with Gasteiger partial charge in [-0.2, -0.15) is 0 Å². The van der Waals surface area contributed by atoms with E-state index in [0.29, 0.717) is 11.3 Å². The molecule has 0 spiro atoms. The minimum atomic E-state index is -0.341. The Morgan fingerprint density at radius 2 is 2.24 bits per heavy atom. The fourth-order valence-corrected chi connectivity index (χ4v) is 2.92. The molecule has 3 atom stereocenters. The monoisotopic (exact) mass is 294 g/mol. The normalized spacial score (nSPS) is 23.4. The summed E-state index contributed by atoms with van der Waals surface area (Å²) in [6.45, 7) is 1.83. The molecule has 1 saturated carbocycles. The Balaban J connectivity index is 2.05. The van der Waals surface area contributed by atoms with Crippen molar-refractivity contribution in [1.29, 1.82) is 0 Å². The van der Waals surface area contributed by atoms with Crippen molar-refractivity contribution >= 4 is 5.91 Å². The summed E-state index contributed by atoms with van der Waals surface area (Å²) >= 11 is 0. The Morgan fingerprint density at radius 3 is 2.90 bits per heavy atom. The summed E-state index contributed by atoms with van der Waals surface area (Å²) in [5.74, 6) is 0.177. The van der Waals surface area contributed by atoms with Gasteiger partial charge in [-0.1, -0.05) is 6.42 Å². The Labute approximate surface area is 124 Å². The maximum absolute atomic E-state index is 13.4. The quantitative estimate of drug-likeness (QED) is 0.897. The van der Waals surface area contributed by atoms with E-state index in [1.165, 1.54) is 19.2 Å². The summed E-state index contributed by atoms with van der Waals surface area (Å²) in [7, 11) is 1.53. The van der Waals surface area contributed by atoms with Gasteiger partial charge in [-0.25, -0.2) is 4.39 Å². The number of nitrogens with two attached hydrogens (primary N) is 1. The molecule has 0 radical (unpaired) electrons. The summed E-state index contributed by atoms with van der Waals surface area (Å²) in [6, 6.07) is 4.12. The van der Waals surface area contributed by atoms with Gasteiger partial charge in [0.1, 0.15) is 11.6 Å². The van der Waals surface area contributed by atoms with E-state index in [1.807, 2.05) is 6.92 Å². The predicted molar refractivity (Wildman–Crippen MR) is 79.4 cm³/mol. The molecular formula is C16H23FN2O2. The minimum Gasteiger partial charge on any atom is -0.496 e. The second-order valence-electron chi connectivity index (χ2n) is 5.74. The van der Waals surface area contributed by atoms with E-state index in [1.54, 1.807) is 6.07 Å². The average Bonchev–Trinajstić information content (AvgIpc) is 2.47. The minimum absolute atomic E-state index is 0.0102. The van der Waals surface area contributed by atoms with E-state index >= 15 is 0 Å². The van der Waals surface area contributed by atoms with Gasteiger partial charge in [0.05, 0.1) is 13.2 Å². The Bertz CT molecular complexity index is 507. The highest BCUT2D eigenvalue weighted by molar-refractivity contribution is 5.79. The molecule has 4 nitrogen and oxygen atoms in total. The highest BCUT2D eigenvalue weighted by Crippen LogP contribution is 2.28. The zero-order chi connectivity index (χ0) is 15.4. The molecule has 1 amide bonds. The lowest BCUT2D eigenvalue weighted by Crippen LogP contribution is -2.38. The molecule has 21 heavy (non-hydrogen) atoms. The lowest BCUT2D eigenvalue weighted by molar-refractivity contribution is -0.126. The summed E-state index contributed by atoms with van der Waals surface area (Å²) in [5.41, 5.74) is 6.57. The molecule has 0 heterocycles. The number of hydrogen-bond acceptors (Lipinski definition) is 3. The van der Waals surface area contributed by atoms with Gasteiger partial charge < -0.3 is 15.8 Å². The van der Waals surface area contributed by atoms with Crippen molar-refractivity contribution in [2.75, 3.05) is 7.11 Å². The third-order valence-electron chi connectivity index (χ3n) is 4.10. The lowest BCUT2D eigenvalue weighted by atomic mass is 9.85. The fraction of sp³-hybridized carbons (Fsp3) is 0.562. The Kier molecular flexibility index (Phi) is 5.17. The van der Waals surface area contributed by atoms with E-state index in [4.69, 9.17) is 10.5 Å². The van der Waals surface area contributed by atoms with Gasteiger partial charge in [0.2, 0.25) is 5.91 Å². The number of ether oxygens (including phenoxy) is 1. The summed E-state index contributed by atoms with van der Waals surface area (Å²) in [4.78, 5) is 12.3. The number of benzene rings is 1. The number of halogens is 1. The van der Waals surface area contributed by atoms with Crippen molar-refractivity contribution in [2.24, 2.45) is 11.7 Å². The first-order chi connectivity index (χ1) is 10.0. The first-order valence-corrected chi connectivity index (χ1v) is 7.40. The second kappa shape index (κ2) is 6.89. The number of rotatable bonds is 4. The molecule has 0 aliphatic heterocycles. The number of nitrogens with one attached hydrogen (secondary N) is 1. The summed E-state index contributed by atoms with van der Waals surface area (Å²) < 4.78 is 18.6. The molecule has 3 N–H and O–H groups in total. The van der Waals surface area contributed by atoms with Gasteiger partial charge in [-0.3, -0.25) is 4.79 Å². The van der Waals surface area contributed by atoms with Crippen molar-refractivity contribution in [2.45, 2.75) is 44.7 Å². The van der Waals surface area contributed by atoms with Crippen LogP contribution in [0.25, 0.3) is 0 Å². The highest BCUT2D eigenvalue weighted by Gasteiger charge is 2.26. The zero-order valence-electron chi connectivity index (χ0n) is 12.6. The van der Waals surface area contributed by atoms with Crippen molar-refractivity contribution in [1.82, 2.24) is 5.32 Å². The molecule has 1 fully saturated rings. The van der Waals surface area contributed by atoms with Crippen LogP contribution in [0.3, 0.4) is 0 Å². The second-order valence-corrected chi connectivity index (χ2v) is 5.74. The van der Waals surface area contributed by atoms with Crippen LogP contribution in [0.2, 0.25) is 0 Å². The third kappa shape index (κ3) is 3.94. The zero-order valence-corrected chi connectivity index (χ0v) is 12.6. The van der Waals surface area contributed by atoms with Gasteiger partial charge in [0, 0.05) is 17.5 Å². The van der Waals surface area contributed by atoms with Crippen LogP contribution in [-0.2, 0) is 4.79 Å². The number of carbonyl (C=O) groups is 1. The van der Waals surface area contributed by atoms with E-state index in [-0.39, 0.29) is 29.7 Å². The molecule has 1 aliphatic carbocycles. The van der Waals surface area contributed by atoms with Crippen molar-refractivity contribution in [3.63, 3.8) is 0 Å². The number of amides is 1. The Morgan fingerprint density at radius 1 is 1.48 bits per heavy atom. The van der Waals surface area contributed by atoms with Gasteiger partial charge in [0.15, 0.2) is 0 Å². The standard InChI is InChI=1S/C16H23FN2O2/c1-10(14-9-12(17)6-7-15(14)21-2)19-16(20)11-4-3-5-13(18)8-11/h6-7,9-11,13H,3-5,8,18H2,1-2H3,(H,19,20). The molecule has 3 unspecified atom stereocenters. The smallest absolute Gasteiger partial charge is 0.223 e. The van der Waals surface area contributed by atoms with Crippen LogP contribution in [-0.4, -0.2) is 19.1 Å². The van der Waals surface area contributed by atoms with Gasteiger partial charge >= 0.3 is 0 Å². The number of carbonyl (C=O) groups excluding carboxylic acids is 1. The van der Waals surface area contributed by atoms with Crippen LogP contribution in [0.1, 0.15) is 44.2 Å². The van der Waals surface area contributed by atoms with E-state index < -0.39 is 0 Å². The molecule has 1 aromatic rings.